The first-order valence-electron chi connectivity index (χ1n) is 6.02. The number of Topliss-reactive ketones (excluding diaryl/α,β-unsaturated/α-hetero) is 1. The summed E-state index contributed by atoms with van der Waals surface area (Å²) in [5.41, 5.74) is 1.53. The van der Waals surface area contributed by atoms with Gasteiger partial charge in [-0.1, -0.05) is 0 Å². The van der Waals surface area contributed by atoms with Crippen molar-refractivity contribution in [2.45, 2.75) is 6.92 Å². The molecule has 0 spiro atoms. The molecule has 0 bridgehead atoms. The molecule has 1 aliphatic carbocycles. The number of pyridine rings is 1. The molecule has 1 aromatic heterocycles. The van der Waals surface area contributed by atoms with Crippen LogP contribution in [0, 0.1) is 24.7 Å². The Morgan fingerprint density at radius 1 is 1.39 bits per heavy atom. The number of hydrogen-bond acceptors (Lipinski definition) is 3. The van der Waals surface area contributed by atoms with Crippen molar-refractivity contribution in [3.8, 4) is 0 Å². The highest BCUT2D eigenvalue weighted by molar-refractivity contribution is 5.98. The number of carboxylic acid groups (broad SMARTS) is 1. The SMILES string of the molecule is Cc1ccnc(C(=O)C2C3CN(C(=O)O)CC32)c1. The average molecular weight is 246 g/mol. The van der Waals surface area contributed by atoms with Gasteiger partial charge in [-0.3, -0.25) is 9.78 Å². The summed E-state index contributed by atoms with van der Waals surface area (Å²) >= 11 is 0. The van der Waals surface area contributed by atoms with Gasteiger partial charge >= 0.3 is 6.09 Å². The van der Waals surface area contributed by atoms with Crippen molar-refractivity contribution in [1.29, 1.82) is 0 Å². The van der Waals surface area contributed by atoms with Crippen LogP contribution >= 0.6 is 0 Å². The smallest absolute Gasteiger partial charge is 0.407 e. The van der Waals surface area contributed by atoms with Gasteiger partial charge in [-0.15, -0.1) is 0 Å². The van der Waals surface area contributed by atoms with Gasteiger partial charge in [0, 0.05) is 25.2 Å². The number of aromatic nitrogens is 1. The van der Waals surface area contributed by atoms with E-state index in [2.05, 4.69) is 4.98 Å². The molecule has 1 N–H and O–H groups in total. The minimum absolute atomic E-state index is 0.0186. The molecule has 1 aromatic rings. The maximum atomic E-state index is 12.2. The maximum Gasteiger partial charge on any atom is 0.407 e. The molecule has 1 saturated heterocycles. The zero-order valence-corrected chi connectivity index (χ0v) is 10.0. The first kappa shape index (κ1) is 11.2. The van der Waals surface area contributed by atoms with Crippen molar-refractivity contribution < 1.29 is 14.7 Å². The minimum atomic E-state index is -0.887. The monoisotopic (exact) mass is 246 g/mol. The maximum absolute atomic E-state index is 12.2. The van der Waals surface area contributed by atoms with Crippen LogP contribution in [0.1, 0.15) is 16.1 Å². The summed E-state index contributed by atoms with van der Waals surface area (Å²) in [5, 5.41) is 8.86. The van der Waals surface area contributed by atoms with Crippen LogP contribution in [0.2, 0.25) is 0 Å². The molecule has 0 aromatic carbocycles. The van der Waals surface area contributed by atoms with E-state index in [1.54, 1.807) is 12.3 Å². The fourth-order valence-electron chi connectivity index (χ4n) is 2.91. The van der Waals surface area contributed by atoms with E-state index in [4.69, 9.17) is 5.11 Å². The van der Waals surface area contributed by atoms with E-state index in [0.29, 0.717) is 18.8 Å². The lowest BCUT2D eigenvalue weighted by molar-refractivity contribution is 0.0929. The van der Waals surface area contributed by atoms with Crippen LogP contribution in [0.4, 0.5) is 4.79 Å². The fraction of sp³-hybridized carbons (Fsp3) is 0.462. The summed E-state index contributed by atoms with van der Waals surface area (Å²) < 4.78 is 0. The Hall–Kier alpha value is -1.91. The number of carbonyl (C=O) groups is 2. The number of fused-ring (bicyclic) bond motifs is 1. The Balaban J connectivity index is 1.70. The Bertz CT molecular complexity index is 517. The molecular formula is C13H14N2O3. The van der Waals surface area contributed by atoms with Crippen LogP contribution in [0.5, 0.6) is 0 Å². The second-order valence-electron chi connectivity index (χ2n) is 5.12. The van der Waals surface area contributed by atoms with Gasteiger partial charge in [0.15, 0.2) is 5.78 Å². The number of amides is 1. The third-order valence-corrected chi connectivity index (χ3v) is 3.94. The predicted molar refractivity (Wildman–Crippen MR) is 63.4 cm³/mol. The van der Waals surface area contributed by atoms with Crippen molar-refractivity contribution in [1.82, 2.24) is 9.88 Å². The quantitative estimate of drug-likeness (QED) is 0.801. The molecule has 1 saturated carbocycles. The molecule has 3 rings (SSSR count). The zero-order chi connectivity index (χ0) is 12.9. The number of hydrogen-bond donors (Lipinski definition) is 1. The second kappa shape index (κ2) is 3.80. The molecule has 2 atom stereocenters. The van der Waals surface area contributed by atoms with Gasteiger partial charge in [-0.25, -0.2) is 4.79 Å². The normalized spacial score (nSPS) is 28.9. The Morgan fingerprint density at radius 2 is 2.06 bits per heavy atom. The second-order valence-corrected chi connectivity index (χ2v) is 5.12. The van der Waals surface area contributed by atoms with Crippen LogP contribution in [0.25, 0.3) is 0 Å². The third kappa shape index (κ3) is 1.66. The van der Waals surface area contributed by atoms with E-state index >= 15 is 0 Å². The summed E-state index contributed by atoms with van der Waals surface area (Å²) in [5.74, 6) is 0.459. The van der Waals surface area contributed by atoms with Crippen LogP contribution in [-0.4, -0.2) is 40.0 Å². The first-order valence-corrected chi connectivity index (χ1v) is 6.02. The van der Waals surface area contributed by atoms with E-state index in [-0.39, 0.29) is 23.5 Å². The molecule has 2 aliphatic rings. The molecule has 1 aliphatic heterocycles. The molecular weight excluding hydrogens is 232 g/mol. The molecule has 5 heteroatoms. The van der Waals surface area contributed by atoms with Crippen molar-refractivity contribution in [2.24, 2.45) is 17.8 Å². The standard InChI is InChI=1S/C13H14N2O3/c1-7-2-3-14-10(4-7)12(16)11-8-5-15(13(17)18)6-9(8)11/h2-4,8-9,11H,5-6H2,1H3,(H,17,18). The number of carbonyl (C=O) groups excluding carboxylic acids is 1. The largest absolute Gasteiger partial charge is 0.465 e. The molecule has 2 unspecified atom stereocenters. The van der Waals surface area contributed by atoms with Gasteiger partial charge in [0.2, 0.25) is 0 Å². The molecule has 2 heterocycles. The number of aryl methyl sites for hydroxylation is 1. The summed E-state index contributed by atoms with van der Waals surface area (Å²) in [4.78, 5) is 28.5. The highest BCUT2D eigenvalue weighted by Crippen LogP contribution is 2.52. The molecule has 1 amide bonds. The molecule has 0 radical (unpaired) electrons. The lowest BCUT2D eigenvalue weighted by Crippen LogP contribution is -2.31. The van der Waals surface area contributed by atoms with Gasteiger partial charge in [-0.05, 0) is 36.5 Å². The van der Waals surface area contributed by atoms with E-state index in [1.807, 2.05) is 13.0 Å². The number of likely N-dealkylation sites (tertiary alicyclic amines) is 1. The van der Waals surface area contributed by atoms with Gasteiger partial charge in [-0.2, -0.15) is 0 Å². The molecule has 5 nitrogen and oxygen atoms in total. The summed E-state index contributed by atoms with van der Waals surface area (Å²) in [6, 6.07) is 3.65. The predicted octanol–water partition coefficient (Wildman–Crippen LogP) is 1.43. The van der Waals surface area contributed by atoms with E-state index in [1.165, 1.54) is 4.90 Å². The van der Waals surface area contributed by atoms with E-state index in [9.17, 15) is 9.59 Å². The van der Waals surface area contributed by atoms with Crippen molar-refractivity contribution >= 4 is 11.9 Å². The van der Waals surface area contributed by atoms with Gasteiger partial charge in [0.05, 0.1) is 0 Å². The number of ketones is 1. The van der Waals surface area contributed by atoms with Gasteiger partial charge in [0.1, 0.15) is 5.69 Å². The number of nitrogens with zero attached hydrogens (tertiary/aromatic N) is 2. The van der Waals surface area contributed by atoms with Gasteiger partial charge < -0.3 is 10.0 Å². The lowest BCUT2D eigenvalue weighted by atomic mass is 10.1. The zero-order valence-electron chi connectivity index (χ0n) is 10.0. The Kier molecular flexibility index (Phi) is 2.36. The number of rotatable bonds is 2. The lowest BCUT2D eigenvalue weighted by Gasteiger charge is -2.15. The molecule has 2 fully saturated rings. The average Bonchev–Trinajstić information content (AvgIpc) is 2.81. The summed E-state index contributed by atoms with van der Waals surface area (Å²) in [7, 11) is 0. The van der Waals surface area contributed by atoms with Crippen LogP contribution in [-0.2, 0) is 0 Å². The van der Waals surface area contributed by atoms with Crippen LogP contribution in [0.3, 0.4) is 0 Å². The van der Waals surface area contributed by atoms with E-state index < -0.39 is 6.09 Å². The van der Waals surface area contributed by atoms with Crippen LogP contribution in [0.15, 0.2) is 18.3 Å². The summed E-state index contributed by atoms with van der Waals surface area (Å²) in [6.07, 6.45) is 0.756. The van der Waals surface area contributed by atoms with E-state index in [0.717, 1.165) is 5.56 Å². The fourth-order valence-corrected chi connectivity index (χ4v) is 2.91. The highest BCUT2D eigenvalue weighted by Gasteiger charge is 2.60. The highest BCUT2D eigenvalue weighted by atomic mass is 16.4. The number of piperidine rings is 1. The summed E-state index contributed by atoms with van der Waals surface area (Å²) in [6.45, 7) is 2.91. The molecule has 94 valence electrons. The first-order chi connectivity index (χ1) is 8.58. The van der Waals surface area contributed by atoms with Crippen LogP contribution < -0.4 is 0 Å². The van der Waals surface area contributed by atoms with Crippen molar-refractivity contribution in [3.05, 3.63) is 29.6 Å². The molecule has 18 heavy (non-hydrogen) atoms. The topological polar surface area (TPSA) is 70.5 Å². The van der Waals surface area contributed by atoms with Crippen molar-refractivity contribution in [2.75, 3.05) is 13.1 Å². The van der Waals surface area contributed by atoms with Crippen molar-refractivity contribution in [3.63, 3.8) is 0 Å². The third-order valence-electron chi connectivity index (χ3n) is 3.94. The Labute approximate surface area is 104 Å². The Morgan fingerprint density at radius 3 is 2.61 bits per heavy atom. The van der Waals surface area contributed by atoms with Gasteiger partial charge in [0.25, 0.3) is 0 Å². The minimum Gasteiger partial charge on any atom is -0.465 e.